The number of nitrogens with one attached hydrogen (secondary N) is 2. The molecule has 0 spiro atoms. The molecule has 3 heterocycles. The van der Waals surface area contributed by atoms with Crippen LogP contribution in [0.1, 0.15) is 39.3 Å². The van der Waals surface area contributed by atoms with Crippen molar-refractivity contribution in [3.8, 4) is 0 Å². The Hall–Kier alpha value is -3.61. The van der Waals surface area contributed by atoms with Crippen LogP contribution in [-0.4, -0.2) is 60.9 Å². The number of allylic oxidation sites excluding steroid dienone is 2. The molecule has 3 aromatic heterocycles. The number of alkyl halides is 3. The zero-order valence-corrected chi connectivity index (χ0v) is 19.8. The number of pyridine rings is 1. The second-order valence-electron chi connectivity index (χ2n) is 8.21. The van der Waals surface area contributed by atoms with Gasteiger partial charge in [-0.2, -0.15) is 23.3 Å². The topological polar surface area (TPSA) is 132 Å². The number of halogens is 3. The molecular weight excluding hydrogens is 461 g/mol. The number of aromatic nitrogens is 6. The van der Waals surface area contributed by atoms with Crippen LogP contribution in [0.25, 0.3) is 16.6 Å². The summed E-state index contributed by atoms with van der Waals surface area (Å²) < 4.78 is 42.4. The number of aliphatic imine (C=N–C) groups is 1. The largest absolute Gasteiger partial charge is 0.411 e. The van der Waals surface area contributed by atoms with Gasteiger partial charge in [0.15, 0.2) is 5.82 Å². The SMILES string of the molecule is C/C=C(\C)c1ccc2nc(NC(C)Cn3cncn3)nc(NC3(C(F)(F)F)CC3)c2n1.C=NCN. The van der Waals surface area contributed by atoms with Crippen molar-refractivity contribution in [2.45, 2.75) is 57.9 Å². The van der Waals surface area contributed by atoms with Crippen LogP contribution in [0.15, 0.2) is 35.9 Å². The zero-order valence-electron chi connectivity index (χ0n) is 19.8. The number of hydrogen-bond donors (Lipinski definition) is 3. The van der Waals surface area contributed by atoms with Crippen LogP contribution < -0.4 is 16.4 Å². The number of nitrogens with zero attached hydrogens (tertiary/aromatic N) is 7. The van der Waals surface area contributed by atoms with E-state index in [2.05, 4.69) is 47.4 Å². The molecular formula is C22H29F3N10. The third-order valence-corrected chi connectivity index (χ3v) is 5.46. The monoisotopic (exact) mass is 490 g/mol. The van der Waals surface area contributed by atoms with E-state index in [4.69, 9.17) is 5.73 Å². The minimum atomic E-state index is -4.38. The summed E-state index contributed by atoms with van der Waals surface area (Å²) in [5.41, 5.74) is 5.17. The van der Waals surface area contributed by atoms with E-state index in [9.17, 15) is 13.2 Å². The summed E-state index contributed by atoms with van der Waals surface area (Å²) in [5.74, 6) is 0.291. The molecule has 13 heteroatoms. The summed E-state index contributed by atoms with van der Waals surface area (Å²) in [6.07, 6.45) is 0.532. The molecule has 1 unspecified atom stereocenters. The third-order valence-electron chi connectivity index (χ3n) is 5.46. The fraction of sp³-hybridized carbons (Fsp3) is 0.455. The van der Waals surface area contributed by atoms with Crippen molar-refractivity contribution in [2.24, 2.45) is 10.7 Å². The number of nitrogens with two attached hydrogens (primary N) is 1. The Morgan fingerprint density at radius 2 is 2.03 bits per heavy atom. The normalized spacial score (nSPS) is 15.7. The molecule has 10 nitrogen and oxygen atoms in total. The highest BCUT2D eigenvalue weighted by atomic mass is 19.4. The molecule has 0 bridgehead atoms. The Kier molecular flexibility index (Phi) is 7.99. The maximum absolute atomic E-state index is 13.6. The summed E-state index contributed by atoms with van der Waals surface area (Å²) in [4.78, 5) is 20.6. The van der Waals surface area contributed by atoms with Crippen LogP contribution in [0.5, 0.6) is 0 Å². The van der Waals surface area contributed by atoms with Crippen molar-refractivity contribution >= 4 is 35.1 Å². The Morgan fingerprint density at radius 3 is 2.57 bits per heavy atom. The minimum Gasteiger partial charge on any atom is -0.354 e. The van der Waals surface area contributed by atoms with Crippen molar-refractivity contribution in [3.05, 3.63) is 36.6 Å². The van der Waals surface area contributed by atoms with E-state index in [-0.39, 0.29) is 30.6 Å². The van der Waals surface area contributed by atoms with Crippen LogP contribution in [0.3, 0.4) is 0 Å². The van der Waals surface area contributed by atoms with Gasteiger partial charge in [-0.1, -0.05) is 6.08 Å². The maximum atomic E-state index is 13.6. The van der Waals surface area contributed by atoms with E-state index in [1.54, 1.807) is 23.1 Å². The van der Waals surface area contributed by atoms with Crippen LogP contribution >= 0.6 is 0 Å². The Labute approximate surface area is 201 Å². The number of hydrogen-bond acceptors (Lipinski definition) is 9. The number of rotatable bonds is 8. The molecule has 0 aromatic carbocycles. The zero-order chi connectivity index (χ0) is 25.6. The molecule has 188 valence electrons. The predicted molar refractivity (Wildman–Crippen MR) is 130 cm³/mol. The summed E-state index contributed by atoms with van der Waals surface area (Å²) in [7, 11) is 0. The molecule has 35 heavy (non-hydrogen) atoms. The first-order valence-electron chi connectivity index (χ1n) is 11.0. The molecule has 1 aliphatic rings. The molecule has 3 aromatic rings. The molecule has 1 aliphatic carbocycles. The van der Waals surface area contributed by atoms with E-state index >= 15 is 0 Å². The van der Waals surface area contributed by atoms with E-state index < -0.39 is 11.7 Å². The summed E-state index contributed by atoms with van der Waals surface area (Å²) in [6, 6.07) is 3.41. The Balaban J connectivity index is 0.000000795. The lowest BCUT2D eigenvalue weighted by Crippen LogP contribution is -2.39. The molecule has 0 aliphatic heterocycles. The van der Waals surface area contributed by atoms with Crippen molar-refractivity contribution in [3.63, 3.8) is 0 Å². The average molecular weight is 491 g/mol. The fourth-order valence-electron chi connectivity index (χ4n) is 3.24. The van der Waals surface area contributed by atoms with Crippen LogP contribution in [0.4, 0.5) is 24.9 Å². The Morgan fingerprint density at radius 1 is 1.31 bits per heavy atom. The van der Waals surface area contributed by atoms with Crippen molar-refractivity contribution in [2.75, 3.05) is 17.3 Å². The molecule has 1 fully saturated rings. The van der Waals surface area contributed by atoms with Crippen LogP contribution in [0, 0.1) is 0 Å². The quantitative estimate of drug-likeness (QED) is 0.408. The highest BCUT2D eigenvalue weighted by molar-refractivity contribution is 5.88. The van der Waals surface area contributed by atoms with Gasteiger partial charge < -0.3 is 16.4 Å². The first kappa shape index (κ1) is 26.0. The van der Waals surface area contributed by atoms with Crippen molar-refractivity contribution in [1.29, 1.82) is 0 Å². The molecule has 0 radical (unpaired) electrons. The van der Waals surface area contributed by atoms with Gasteiger partial charge in [0.25, 0.3) is 0 Å². The highest BCUT2D eigenvalue weighted by Gasteiger charge is 2.64. The molecule has 4 N–H and O–H groups in total. The van der Waals surface area contributed by atoms with Gasteiger partial charge in [0.1, 0.15) is 23.7 Å². The van der Waals surface area contributed by atoms with Gasteiger partial charge >= 0.3 is 6.18 Å². The molecule has 1 saturated carbocycles. The van der Waals surface area contributed by atoms with E-state index in [0.717, 1.165) is 5.57 Å². The average Bonchev–Trinajstić information content (AvgIpc) is 3.45. The smallest absolute Gasteiger partial charge is 0.354 e. The van der Waals surface area contributed by atoms with Crippen molar-refractivity contribution < 1.29 is 13.2 Å². The van der Waals surface area contributed by atoms with Gasteiger partial charge in [0, 0.05) is 6.04 Å². The summed E-state index contributed by atoms with van der Waals surface area (Å²) in [6.45, 7) is 9.60. The lowest BCUT2D eigenvalue weighted by Gasteiger charge is -2.22. The molecule has 0 saturated heterocycles. The number of anilines is 2. The highest BCUT2D eigenvalue weighted by Crippen LogP contribution is 2.51. The lowest BCUT2D eigenvalue weighted by molar-refractivity contribution is -0.151. The first-order chi connectivity index (χ1) is 16.6. The van der Waals surface area contributed by atoms with Gasteiger partial charge in [-0.15, -0.1) is 0 Å². The summed E-state index contributed by atoms with van der Waals surface area (Å²) >= 11 is 0. The molecule has 1 atom stereocenters. The number of fused-ring (bicyclic) bond motifs is 1. The third kappa shape index (κ3) is 6.29. The molecule has 4 rings (SSSR count). The van der Waals surface area contributed by atoms with Crippen LogP contribution in [-0.2, 0) is 6.54 Å². The van der Waals surface area contributed by atoms with Gasteiger partial charge in [0.2, 0.25) is 5.95 Å². The van der Waals surface area contributed by atoms with E-state index in [1.807, 2.05) is 26.8 Å². The van der Waals surface area contributed by atoms with E-state index in [0.29, 0.717) is 29.9 Å². The maximum Gasteiger partial charge on any atom is 0.411 e. The van der Waals surface area contributed by atoms with Crippen molar-refractivity contribution in [1.82, 2.24) is 29.7 Å². The van der Waals surface area contributed by atoms with Gasteiger partial charge in [-0.05, 0) is 58.0 Å². The molecule has 0 amide bonds. The van der Waals surface area contributed by atoms with Gasteiger partial charge in [-0.3, -0.25) is 9.67 Å². The minimum absolute atomic E-state index is 0.00103. The first-order valence-corrected chi connectivity index (χ1v) is 11.0. The predicted octanol–water partition coefficient (Wildman–Crippen LogP) is 3.65. The van der Waals surface area contributed by atoms with Crippen LogP contribution in [0.2, 0.25) is 0 Å². The second-order valence-corrected chi connectivity index (χ2v) is 8.21. The van der Waals surface area contributed by atoms with E-state index in [1.165, 1.54) is 6.33 Å². The second kappa shape index (κ2) is 10.8. The van der Waals surface area contributed by atoms with Gasteiger partial charge in [0.05, 0.1) is 24.4 Å². The standard InChI is InChI=1S/C20H23F3N8.C2H6N2/c1-4-12(2)14-5-6-15-16(27-14)17(30-19(7-8-19)20(21,22)23)29-18(28-15)26-13(3)9-31-11-24-10-25-31;1-4-2-3/h4-6,10-11,13H,7-9H2,1-3H3,(H2,26,28,29,30);1-3H2/b12-4+;. The fourth-order valence-corrected chi connectivity index (χ4v) is 3.24. The lowest BCUT2D eigenvalue weighted by atomic mass is 10.1. The Bertz CT molecular complexity index is 1170. The summed E-state index contributed by atoms with van der Waals surface area (Å²) in [5, 5.41) is 9.82. The van der Waals surface area contributed by atoms with Gasteiger partial charge in [-0.25, -0.2) is 15.0 Å².